The summed E-state index contributed by atoms with van der Waals surface area (Å²) in [6.07, 6.45) is 0.682. The largest absolute Gasteiger partial charge is 0.391 e. The van der Waals surface area contributed by atoms with Gasteiger partial charge in [0.05, 0.1) is 12.1 Å². The Morgan fingerprint density at radius 3 is 2.70 bits per heavy atom. The number of thiazole rings is 1. The topological polar surface area (TPSA) is 74.2 Å². The zero-order valence-electron chi connectivity index (χ0n) is 13.5. The molecule has 0 fully saturated rings. The van der Waals surface area contributed by atoms with E-state index in [0.29, 0.717) is 6.42 Å². The van der Waals surface area contributed by atoms with Crippen LogP contribution in [-0.4, -0.2) is 28.8 Å². The normalized spacial score (nSPS) is 13.3. The van der Waals surface area contributed by atoms with Crippen LogP contribution in [0.2, 0.25) is 0 Å². The van der Waals surface area contributed by atoms with Crippen LogP contribution in [0.4, 0.5) is 4.79 Å². The smallest absolute Gasteiger partial charge is 0.315 e. The van der Waals surface area contributed by atoms with Gasteiger partial charge in [-0.1, -0.05) is 37.3 Å². The quantitative estimate of drug-likeness (QED) is 0.729. The van der Waals surface area contributed by atoms with Crippen LogP contribution in [0.5, 0.6) is 0 Å². The number of amides is 2. The number of nitrogens with one attached hydrogen (secondary N) is 2. The fourth-order valence-corrected chi connectivity index (χ4v) is 3.18. The molecule has 1 heterocycles. The minimum Gasteiger partial charge on any atom is -0.391 e. The maximum atomic E-state index is 12.0. The number of aryl methyl sites for hydroxylation is 1. The van der Waals surface area contributed by atoms with Crippen molar-refractivity contribution in [2.24, 2.45) is 0 Å². The van der Waals surface area contributed by atoms with E-state index in [1.165, 1.54) is 0 Å². The van der Waals surface area contributed by atoms with Gasteiger partial charge in [0.15, 0.2) is 0 Å². The predicted molar refractivity (Wildman–Crippen MR) is 92.6 cm³/mol. The van der Waals surface area contributed by atoms with E-state index in [2.05, 4.69) is 15.6 Å². The molecule has 0 aliphatic heterocycles. The Kier molecular flexibility index (Phi) is 6.55. The summed E-state index contributed by atoms with van der Waals surface area (Å²) in [5.74, 6) is 0. The van der Waals surface area contributed by atoms with E-state index in [4.69, 9.17) is 0 Å². The number of rotatable bonds is 7. The first-order valence-electron chi connectivity index (χ1n) is 7.77. The van der Waals surface area contributed by atoms with Crippen molar-refractivity contribution >= 4 is 17.4 Å². The van der Waals surface area contributed by atoms with E-state index >= 15 is 0 Å². The average molecular weight is 333 g/mol. The van der Waals surface area contributed by atoms with Gasteiger partial charge >= 0.3 is 6.03 Å². The van der Waals surface area contributed by atoms with Crippen molar-refractivity contribution in [3.63, 3.8) is 0 Å². The zero-order chi connectivity index (χ0) is 16.7. The number of hydrogen-bond donors (Lipinski definition) is 3. The molecule has 0 aliphatic carbocycles. The molecular formula is C17H23N3O2S. The van der Waals surface area contributed by atoms with Crippen LogP contribution < -0.4 is 10.6 Å². The summed E-state index contributed by atoms with van der Waals surface area (Å²) in [7, 11) is 0. The second kappa shape index (κ2) is 8.64. The van der Waals surface area contributed by atoms with Crippen LogP contribution in [-0.2, 0) is 6.42 Å². The number of nitrogens with zero attached hydrogens (tertiary/aromatic N) is 1. The first-order chi connectivity index (χ1) is 11.1. The van der Waals surface area contributed by atoms with Gasteiger partial charge in [0, 0.05) is 24.0 Å². The molecule has 0 saturated heterocycles. The van der Waals surface area contributed by atoms with E-state index in [1.807, 2.05) is 49.6 Å². The van der Waals surface area contributed by atoms with Gasteiger partial charge in [0.1, 0.15) is 5.01 Å². The van der Waals surface area contributed by atoms with Crippen molar-refractivity contribution in [3.8, 4) is 0 Å². The summed E-state index contributed by atoms with van der Waals surface area (Å²) in [5, 5.41) is 18.5. The predicted octanol–water partition coefficient (Wildman–Crippen LogP) is 2.81. The maximum Gasteiger partial charge on any atom is 0.315 e. The molecule has 2 amide bonds. The number of benzene rings is 1. The second-order valence-electron chi connectivity index (χ2n) is 5.49. The Labute approximate surface area is 140 Å². The fourth-order valence-electron chi connectivity index (χ4n) is 2.25. The van der Waals surface area contributed by atoms with Gasteiger partial charge in [-0.15, -0.1) is 11.3 Å². The van der Waals surface area contributed by atoms with Gasteiger partial charge in [-0.25, -0.2) is 9.78 Å². The highest BCUT2D eigenvalue weighted by Gasteiger charge is 2.16. The molecule has 2 unspecified atom stereocenters. The molecule has 0 bridgehead atoms. The van der Waals surface area contributed by atoms with Crippen LogP contribution >= 0.6 is 11.3 Å². The average Bonchev–Trinajstić information content (AvgIpc) is 2.98. The molecule has 124 valence electrons. The van der Waals surface area contributed by atoms with Gasteiger partial charge in [-0.3, -0.25) is 0 Å². The van der Waals surface area contributed by atoms with Crippen molar-refractivity contribution in [1.29, 1.82) is 0 Å². The lowest BCUT2D eigenvalue weighted by atomic mass is 10.1. The first-order valence-corrected chi connectivity index (χ1v) is 8.64. The molecule has 5 nitrogen and oxygen atoms in total. The van der Waals surface area contributed by atoms with Crippen LogP contribution in [0.1, 0.15) is 35.7 Å². The molecule has 0 aliphatic rings. The van der Waals surface area contributed by atoms with Crippen LogP contribution in [0.3, 0.4) is 0 Å². The number of carbonyl (C=O) groups excluding carboxylic acids is 1. The lowest BCUT2D eigenvalue weighted by molar-refractivity contribution is 0.170. The minimum atomic E-state index is -0.606. The first kappa shape index (κ1) is 17.4. The number of hydrogen-bond acceptors (Lipinski definition) is 4. The highest BCUT2D eigenvalue weighted by Crippen LogP contribution is 2.20. The Balaban J connectivity index is 1.77. The molecule has 6 heteroatoms. The number of aliphatic hydroxyl groups excluding tert-OH is 1. The zero-order valence-corrected chi connectivity index (χ0v) is 14.3. The van der Waals surface area contributed by atoms with Crippen LogP contribution in [0.15, 0.2) is 35.7 Å². The van der Waals surface area contributed by atoms with Crippen LogP contribution in [0, 0.1) is 6.92 Å². The van der Waals surface area contributed by atoms with Crippen molar-refractivity contribution in [1.82, 2.24) is 15.6 Å². The van der Waals surface area contributed by atoms with Crippen molar-refractivity contribution in [2.75, 3.05) is 6.54 Å². The third-order valence-corrected chi connectivity index (χ3v) is 4.54. The maximum absolute atomic E-state index is 12.0. The SMILES string of the molecule is CCC(NC(=O)NCC(O)Cc1ccccc1)c1nc(C)cs1. The molecule has 0 spiro atoms. The Morgan fingerprint density at radius 2 is 2.09 bits per heavy atom. The van der Waals surface area contributed by atoms with Gasteiger partial charge in [0.2, 0.25) is 0 Å². The Morgan fingerprint density at radius 1 is 1.35 bits per heavy atom. The summed E-state index contributed by atoms with van der Waals surface area (Å²) in [4.78, 5) is 16.4. The highest BCUT2D eigenvalue weighted by atomic mass is 32.1. The van der Waals surface area contributed by atoms with E-state index in [-0.39, 0.29) is 18.6 Å². The van der Waals surface area contributed by atoms with Gasteiger partial charge in [0.25, 0.3) is 0 Å². The number of carbonyl (C=O) groups is 1. The summed E-state index contributed by atoms with van der Waals surface area (Å²) >= 11 is 1.55. The fraction of sp³-hybridized carbons (Fsp3) is 0.412. The minimum absolute atomic E-state index is 0.0973. The van der Waals surface area contributed by atoms with Crippen molar-refractivity contribution in [2.45, 2.75) is 38.8 Å². The third-order valence-electron chi connectivity index (χ3n) is 3.46. The molecule has 1 aromatic carbocycles. The molecule has 2 rings (SSSR count). The molecule has 0 saturated carbocycles. The summed E-state index contributed by atoms with van der Waals surface area (Å²) < 4.78 is 0. The second-order valence-corrected chi connectivity index (χ2v) is 6.38. The standard InChI is InChI=1S/C17H23N3O2S/c1-3-15(16-19-12(2)11-23-16)20-17(22)18-10-14(21)9-13-7-5-4-6-8-13/h4-8,11,14-15,21H,3,9-10H2,1-2H3,(H2,18,20,22). The molecule has 2 aromatic rings. The molecule has 1 aromatic heterocycles. The molecule has 2 atom stereocenters. The third kappa shape index (κ3) is 5.65. The molecule has 0 radical (unpaired) electrons. The van der Waals surface area contributed by atoms with Gasteiger partial charge in [-0.05, 0) is 18.9 Å². The number of aromatic nitrogens is 1. The van der Waals surface area contributed by atoms with E-state index < -0.39 is 6.10 Å². The van der Waals surface area contributed by atoms with Gasteiger partial charge < -0.3 is 15.7 Å². The molecule has 3 N–H and O–H groups in total. The van der Waals surface area contributed by atoms with E-state index in [9.17, 15) is 9.90 Å². The monoisotopic (exact) mass is 333 g/mol. The van der Waals surface area contributed by atoms with Crippen LogP contribution in [0.25, 0.3) is 0 Å². The Hall–Kier alpha value is -1.92. The van der Waals surface area contributed by atoms with Crippen molar-refractivity contribution in [3.05, 3.63) is 52.0 Å². The van der Waals surface area contributed by atoms with E-state index in [1.54, 1.807) is 11.3 Å². The van der Waals surface area contributed by atoms with Crippen molar-refractivity contribution < 1.29 is 9.90 Å². The highest BCUT2D eigenvalue weighted by molar-refractivity contribution is 7.09. The summed E-state index contributed by atoms with van der Waals surface area (Å²) in [5.41, 5.74) is 2.01. The lowest BCUT2D eigenvalue weighted by Crippen LogP contribution is -2.41. The Bertz CT molecular complexity index is 615. The molecular weight excluding hydrogens is 310 g/mol. The van der Waals surface area contributed by atoms with Gasteiger partial charge in [-0.2, -0.15) is 0 Å². The lowest BCUT2D eigenvalue weighted by Gasteiger charge is -2.17. The molecule has 23 heavy (non-hydrogen) atoms. The summed E-state index contributed by atoms with van der Waals surface area (Å²) in [6, 6.07) is 9.35. The van der Waals surface area contributed by atoms with E-state index in [0.717, 1.165) is 22.7 Å². The summed E-state index contributed by atoms with van der Waals surface area (Å²) in [6.45, 7) is 4.16. The number of aliphatic hydroxyl groups is 1. The number of urea groups is 1.